The Balaban J connectivity index is 2.75. The summed E-state index contributed by atoms with van der Waals surface area (Å²) in [5.41, 5.74) is 4.33. The molecule has 0 amide bonds. The first-order valence-electron chi connectivity index (χ1n) is 6.54. The molecule has 1 aromatic rings. The van der Waals surface area contributed by atoms with Gasteiger partial charge in [0.2, 0.25) is 0 Å². The van der Waals surface area contributed by atoms with Crippen molar-refractivity contribution >= 4 is 0 Å². The Bertz CT molecular complexity index is 352. The lowest BCUT2D eigenvalue weighted by Gasteiger charge is -2.26. The molecule has 3 nitrogen and oxygen atoms in total. The van der Waals surface area contributed by atoms with E-state index in [1.807, 2.05) is 26.0 Å². The summed E-state index contributed by atoms with van der Waals surface area (Å²) in [6.07, 6.45) is 1.20. The molecule has 0 fully saturated rings. The van der Waals surface area contributed by atoms with E-state index < -0.39 is 0 Å². The highest BCUT2D eigenvalue weighted by atomic mass is 16.5. The third kappa shape index (κ3) is 5.07. The SMILES string of the molecule is CC(C)Oc1ccc(C(CC(C)(C)C)NN)cc1. The van der Waals surface area contributed by atoms with Gasteiger partial charge in [0.1, 0.15) is 5.75 Å². The van der Waals surface area contributed by atoms with Crippen LogP contribution in [0.1, 0.15) is 52.6 Å². The molecular formula is C15H26N2O. The van der Waals surface area contributed by atoms with Gasteiger partial charge in [-0.05, 0) is 43.4 Å². The third-order valence-electron chi connectivity index (χ3n) is 2.67. The van der Waals surface area contributed by atoms with E-state index in [2.05, 4.69) is 38.3 Å². The molecular weight excluding hydrogens is 224 g/mol. The lowest BCUT2D eigenvalue weighted by atomic mass is 9.86. The molecule has 0 spiro atoms. The zero-order valence-corrected chi connectivity index (χ0v) is 12.2. The summed E-state index contributed by atoms with van der Waals surface area (Å²) in [5, 5.41) is 0. The number of hydrazine groups is 1. The number of ether oxygens (including phenoxy) is 1. The minimum absolute atomic E-state index is 0.179. The van der Waals surface area contributed by atoms with E-state index in [0.29, 0.717) is 0 Å². The van der Waals surface area contributed by atoms with Crippen LogP contribution in [0.25, 0.3) is 0 Å². The highest BCUT2D eigenvalue weighted by Gasteiger charge is 2.19. The number of rotatable bonds is 5. The second-order valence-electron chi connectivity index (χ2n) is 6.22. The van der Waals surface area contributed by atoms with Crippen LogP contribution in [-0.2, 0) is 0 Å². The van der Waals surface area contributed by atoms with Crippen LogP contribution in [0.5, 0.6) is 5.75 Å². The Morgan fingerprint density at radius 2 is 1.72 bits per heavy atom. The van der Waals surface area contributed by atoms with Gasteiger partial charge in [-0.3, -0.25) is 11.3 Å². The summed E-state index contributed by atoms with van der Waals surface area (Å²) in [7, 11) is 0. The van der Waals surface area contributed by atoms with Crippen molar-refractivity contribution in [3.8, 4) is 5.75 Å². The molecule has 0 aliphatic carbocycles. The van der Waals surface area contributed by atoms with Crippen molar-refractivity contribution in [2.24, 2.45) is 11.3 Å². The molecule has 1 unspecified atom stereocenters. The van der Waals surface area contributed by atoms with Gasteiger partial charge < -0.3 is 4.74 Å². The Kier molecular flexibility index (Phi) is 5.17. The minimum Gasteiger partial charge on any atom is -0.491 e. The van der Waals surface area contributed by atoms with Crippen molar-refractivity contribution < 1.29 is 4.74 Å². The number of nitrogens with two attached hydrogens (primary N) is 1. The minimum atomic E-state index is 0.179. The zero-order chi connectivity index (χ0) is 13.8. The van der Waals surface area contributed by atoms with Crippen LogP contribution < -0.4 is 16.0 Å². The van der Waals surface area contributed by atoms with E-state index in [0.717, 1.165) is 12.2 Å². The summed E-state index contributed by atoms with van der Waals surface area (Å²) in [5.74, 6) is 6.55. The van der Waals surface area contributed by atoms with Gasteiger partial charge in [-0.2, -0.15) is 0 Å². The predicted octanol–water partition coefficient (Wildman–Crippen LogP) is 3.41. The van der Waals surface area contributed by atoms with Gasteiger partial charge in [-0.25, -0.2) is 0 Å². The molecule has 0 heterocycles. The molecule has 0 saturated carbocycles. The highest BCUT2D eigenvalue weighted by molar-refractivity contribution is 5.29. The summed E-state index contributed by atoms with van der Waals surface area (Å²) < 4.78 is 5.63. The number of nitrogens with one attached hydrogen (secondary N) is 1. The van der Waals surface area contributed by atoms with Crippen LogP contribution in [0.15, 0.2) is 24.3 Å². The molecule has 1 rings (SSSR count). The fraction of sp³-hybridized carbons (Fsp3) is 0.600. The van der Waals surface area contributed by atoms with Crippen LogP contribution in [0, 0.1) is 5.41 Å². The van der Waals surface area contributed by atoms with Crippen molar-refractivity contribution in [1.82, 2.24) is 5.43 Å². The van der Waals surface area contributed by atoms with Gasteiger partial charge in [-0.1, -0.05) is 32.9 Å². The molecule has 3 N–H and O–H groups in total. The molecule has 3 heteroatoms. The van der Waals surface area contributed by atoms with Crippen molar-refractivity contribution in [3.05, 3.63) is 29.8 Å². The second-order valence-corrected chi connectivity index (χ2v) is 6.22. The van der Waals surface area contributed by atoms with Crippen LogP contribution in [0.4, 0.5) is 0 Å². The normalized spacial score (nSPS) is 13.7. The van der Waals surface area contributed by atoms with Crippen LogP contribution in [0.2, 0.25) is 0 Å². The Hall–Kier alpha value is -1.06. The quantitative estimate of drug-likeness (QED) is 0.622. The molecule has 18 heavy (non-hydrogen) atoms. The average molecular weight is 250 g/mol. The van der Waals surface area contributed by atoms with Crippen LogP contribution >= 0.6 is 0 Å². The molecule has 0 aliphatic heterocycles. The Morgan fingerprint density at radius 1 is 1.17 bits per heavy atom. The average Bonchev–Trinajstić information content (AvgIpc) is 2.25. The van der Waals surface area contributed by atoms with Crippen molar-refractivity contribution in [3.63, 3.8) is 0 Å². The highest BCUT2D eigenvalue weighted by Crippen LogP contribution is 2.29. The lowest BCUT2D eigenvalue weighted by molar-refractivity contribution is 0.242. The molecule has 0 aliphatic rings. The monoisotopic (exact) mass is 250 g/mol. The Labute approximate surface area is 111 Å². The van der Waals surface area contributed by atoms with Crippen molar-refractivity contribution in [1.29, 1.82) is 0 Å². The zero-order valence-electron chi connectivity index (χ0n) is 12.2. The molecule has 0 aromatic heterocycles. The van der Waals surface area contributed by atoms with E-state index in [1.54, 1.807) is 0 Å². The van der Waals surface area contributed by atoms with Crippen molar-refractivity contribution in [2.45, 2.75) is 53.2 Å². The van der Waals surface area contributed by atoms with Gasteiger partial charge in [0.05, 0.1) is 6.10 Å². The van der Waals surface area contributed by atoms with Gasteiger partial charge >= 0.3 is 0 Å². The summed E-state index contributed by atoms with van der Waals surface area (Å²) >= 11 is 0. The second kappa shape index (κ2) is 6.21. The maximum Gasteiger partial charge on any atom is 0.119 e. The smallest absolute Gasteiger partial charge is 0.119 e. The standard InChI is InChI=1S/C15H26N2O/c1-11(2)18-13-8-6-12(7-9-13)14(17-16)10-15(3,4)5/h6-9,11,14,17H,10,16H2,1-5H3. The fourth-order valence-electron chi connectivity index (χ4n) is 1.94. The Morgan fingerprint density at radius 3 is 2.11 bits per heavy atom. The van der Waals surface area contributed by atoms with Gasteiger partial charge in [0.25, 0.3) is 0 Å². The van der Waals surface area contributed by atoms with Crippen molar-refractivity contribution in [2.75, 3.05) is 0 Å². The third-order valence-corrected chi connectivity index (χ3v) is 2.67. The largest absolute Gasteiger partial charge is 0.491 e. The predicted molar refractivity (Wildman–Crippen MR) is 76.3 cm³/mol. The summed E-state index contributed by atoms with van der Waals surface area (Å²) in [4.78, 5) is 0. The van der Waals surface area contributed by atoms with Gasteiger partial charge in [-0.15, -0.1) is 0 Å². The van der Waals surface area contributed by atoms with E-state index in [-0.39, 0.29) is 17.6 Å². The molecule has 0 saturated heterocycles. The first kappa shape index (κ1) is 15.0. The van der Waals surface area contributed by atoms with E-state index in [9.17, 15) is 0 Å². The number of benzene rings is 1. The first-order chi connectivity index (χ1) is 8.31. The van der Waals surface area contributed by atoms with Gasteiger partial charge in [0, 0.05) is 6.04 Å². The van der Waals surface area contributed by atoms with Crippen LogP contribution in [-0.4, -0.2) is 6.10 Å². The fourth-order valence-corrected chi connectivity index (χ4v) is 1.94. The molecule has 1 aromatic carbocycles. The molecule has 0 radical (unpaired) electrons. The summed E-state index contributed by atoms with van der Waals surface area (Å²) in [6.45, 7) is 10.7. The molecule has 1 atom stereocenters. The number of hydrogen-bond acceptors (Lipinski definition) is 3. The topological polar surface area (TPSA) is 47.3 Å². The maximum atomic E-state index is 5.65. The number of hydrogen-bond donors (Lipinski definition) is 2. The van der Waals surface area contributed by atoms with E-state index in [4.69, 9.17) is 10.6 Å². The van der Waals surface area contributed by atoms with E-state index >= 15 is 0 Å². The molecule has 102 valence electrons. The van der Waals surface area contributed by atoms with Crippen LogP contribution in [0.3, 0.4) is 0 Å². The lowest BCUT2D eigenvalue weighted by Crippen LogP contribution is -2.31. The van der Waals surface area contributed by atoms with Gasteiger partial charge in [0.15, 0.2) is 0 Å². The van der Waals surface area contributed by atoms with E-state index in [1.165, 1.54) is 5.56 Å². The first-order valence-corrected chi connectivity index (χ1v) is 6.54. The summed E-state index contributed by atoms with van der Waals surface area (Å²) in [6, 6.07) is 8.34. The molecule has 0 bridgehead atoms. The maximum absolute atomic E-state index is 5.65.